The number of benzene rings is 7. The Morgan fingerprint density at radius 1 is 0.362 bits per heavy atom. The van der Waals surface area contributed by atoms with Crippen LogP contribution in [0.1, 0.15) is 0 Å². The fraction of sp³-hybridized carbons (Fsp3) is 0. The number of hydrogen-bond donors (Lipinski definition) is 0. The van der Waals surface area contributed by atoms with Crippen molar-refractivity contribution < 1.29 is 4.42 Å². The number of para-hydroxylation sites is 1. The molecular formula is C44H28N2O. The van der Waals surface area contributed by atoms with E-state index in [4.69, 9.17) is 14.4 Å². The lowest BCUT2D eigenvalue weighted by molar-refractivity contribution is 0.669. The summed E-state index contributed by atoms with van der Waals surface area (Å²) in [4.78, 5) is 10.4. The van der Waals surface area contributed by atoms with Crippen molar-refractivity contribution in [1.29, 1.82) is 0 Å². The van der Waals surface area contributed by atoms with Gasteiger partial charge in [0.05, 0.1) is 11.4 Å². The standard InChI is InChI=1S/C44H28N2O/c1-3-12-29(13-4-1)34-25-35(37-19-11-21-42-43(37)38-18-9-10-20-41(38)47-42)27-36(26-34)40-28-39(31-15-5-2-6-16-31)45-44(46-40)33-23-22-30-14-7-8-17-32(30)24-33/h1-28H. The monoisotopic (exact) mass is 600 g/mol. The van der Waals surface area contributed by atoms with Gasteiger partial charge in [0.2, 0.25) is 0 Å². The van der Waals surface area contributed by atoms with Gasteiger partial charge in [0.1, 0.15) is 11.2 Å². The molecular weight excluding hydrogens is 572 g/mol. The fourth-order valence-corrected chi connectivity index (χ4v) is 6.55. The second-order valence-electron chi connectivity index (χ2n) is 11.8. The van der Waals surface area contributed by atoms with E-state index in [1.807, 2.05) is 24.3 Å². The molecule has 9 aromatic rings. The van der Waals surface area contributed by atoms with Crippen LogP contribution in [0.25, 0.3) is 88.9 Å². The van der Waals surface area contributed by atoms with Gasteiger partial charge in [0.15, 0.2) is 5.82 Å². The molecule has 7 aromatic carbocycles. The van der Waals surface area contributed by atoms with Crippen LogP contribution in [0, 0.1) is 0 Å². The lowest BCUT2D eigenvalue weighted by Crippen LogP contribution is -1.96. The maximum atomic E-state index is 6.28. The highest BCUT2D eigenvalue weighted by molar-refractivity contribution is 6.12. The van der Waals surface area contributed by atoms with Crippen LogP contribution >= 0.6 is 0 Å². The molecule has 0 amide bonds. The Hall–Kier alpha value is -6.32. The van der Waals surface area contributed by atoms with Gasteiger partial charge in [0.25, 0.3) is 0 Å². The first-order valence-corrected chi connectivity index (χ1v) is 15.8. The molecule has 2 aromatic heterocycles. The molecule has 0 radical (unpaired) electrons. The molecule has 0 N–H and O–H groups in total. The molecule has 0 aliphatic rings. The number of nitrogens with zero attached hydrogens (tertiary/aromatic N) is 2. The van der Waals surface area contributed by atoms with Crippen molar-refractivity contribution in [2.24, 2.45) is 0 Å². The molecule has 220 valence electrons. The maximum absolute atomic E-state index is 6.28. The van der Waals surface area contributed by atoms with E-state index in [2.05, 4.69) is 146 Å². The molecule has 2 heterocycles. The highest BCUT2D eigenvalue weighted by atomic mass is 16.3. The van der Waals surface area contributed by atoms with Crippen molar-refractivity contribution >= 4 is 32.7 Å². The summed E-state index contributed by atoms with van der Waals surface area (Å²) in [6.45, 7) is 0. The summed E-state index contributed by atoms with van der Waals surface area (Å²) in [6, 6.07) is 59.2. The molecule has 0 saturated carbocycles. The minimum atomic E-state index is 0.696. The smallest absolute Gasteiger partial charge is 0.160 e. The minimum Gasteiger partial charge on any atom is -0.456 e. The van der Waals surface area contributed by atoms with Crippen molar-refractivity contribution in [1.82, 2.24) is 9.97 Å². The largest absolute Gasteiger partial charge is 0.456 e. The Kier molecular flexibility index (Phi) is 6.46. The average molecular weight is 601 g/mol. The third-order valence-electron chi connectivity index (χ3n) is 8.85. The number of fused-ring (bicyclic) bond motifs is 4. The summed E-state index contributed by atoms with van der Waals surface area (Å²) in [5, 5.41) is 4.58. The number of furan rings is 1. The Morgan fingerprint density at radius 3 is 1.83 bits per heavy atom. The highest BCUT2D eigenvalue weighted by Gasteiger charge is 2.17. The van der Waals surface area contributed by atoms with Gasteiger partial charge in [-0.2, -0.15) is 0 Å². The van der Waals surface area contributed by atoms with Crippen molar-refractivity contribution in [2.45, 2.75) is 0 Å². The number of hydrogen-bond acceptors (Lipinski definition) is 3. The molecule has 9 rings (SSSR count). The van der Waals surface area contributed by atoms with Crippen molar-refractivity contribution in [3.8, 4) is 56.2 Å². The average Bonchev–Trinajstić information content (AvgIpc) is 3.54. The first-order chi connectivity index (χ1) is 23.3. The van der Waals surface area contributed by atoms with Gasteiger partial charge in [-0.3, -0.25) is 0 Å². The third kappa shape index (κ3) is 4.95. The number of aromatic nitrogens is 2. The molecule has 47 heavy (non-hydrogen) atoms. The van der Waals surface area contributed by atoms with Gasteiger partial charge in [-0.05, 0) is 75.5 Å². The Labute approximate surface area is 272 Å². The Balaban J connectivity index is 1.30. The topological polar surface area (TPSA) is 38.9 Å². The zero-order valence-corrected chi connectivity index (χ0v) is 25.5. The second kappa shape index (κ2) is 11.2. The molecule has 0 bridgehead atoms. The normalized spacial score (nSPS) is 11.4. The van der Waals surface area contributed by atoms with Gasteiger partial charge in [-0.15, -0.1) is 0 Å². The zero-order valence-electron chi connectivity index (χ0n) is 25.5. The molecule has 0 atom stereocenters. The molecule has 0 saturated heterocycles. The molecule has 3 heteroatoms. The SMILES string of the molecule is c1ccc(-c2cc(-c3cc(-c4ccccc4)nc(-c4ccc5ccccc5c4)n3)cc(-c3cccc4oc5ccccc5c34)c2)cc1. The van der Waals surface area contributed by atoms with Gasteiger partial charge in [-0.25, -0.2) is 9.97 Å². The summed E-state index contributed by atoms with van der Waals surface area (Å²) >= 11 is 0. The molecule has 0 unspecified atom stereocenters. The third-order valence-corrected chi connectivity index (χ3v) is 8.85. The molecule has 0 aliphatic heterocycles. The zero-order chi connectivity index (χ0) is 31.2. The van der Waals surface area contributed by atoms with Crippen LogP contribution in [0.2, 0.25) is 0 Å². The van der Waals surface area contributed by atoms with E-state index >= 15 is 0 Å². The molecule has 0 fully saturated rings. The van der Waals surface area contributed by atoms with Gasteiger partial charge >= 0.3 is 0 Å². The van der Waals surface area contributed by atoms with Gasteiger partial charge < -0.3 is 4.42 Å². The van der Waals surface area contributed by atoms with E-state index in [0.717, 1.165) is 77.7 Å². The van der Waals surface area contributed by atoms with Crippen LogP contribution in [0.4, 0.5) is 0 Å². The van der Waals surface area contributed by atoms with Gasteiger partial charge in [0, 0.05) is 27.5 Å². The van der Waals surface area contributed by atoms with E-state index in [1.165, 1.54) is 5.39 Å². The Morgan fingerprint density at radius 2 is 1.00 bits per heavy atom. The second-order valence-corrected chi connectivity index (χ2v) is 11.8. The van der Waals surface area contributed by atoms with Crippen molar-refractivity contribution in [3.05, 3.63) is 170 Å². The van der Waals surface area contributed by atoms with E-state index in [9.17, 15) is 0 Å². The Bertz CT molecular complexity index is 2570. The van der Waals surface area contributed by atoms with Gasteiger partial charge in [-0.1, -0.05) is 127 Å². The first kappa shape index (κ1) is 27.0. The van der Waals surface area contributed by atoms with Crippen LogP contribution in [0.15, 0.2) is 174 Å². The quantitative estimate of drug-likeness (QED) is 0.197. The van der Waals surface area contributed by atoms with Crippen molar-refractivity contribution in [3.63, 3.8) is 0 Å². The number of rotatable bonds is 5. The van der Waals surface area contributed by atoms with Crippen LogP contribution < -0.4 is 0 Å². The van der Waals surface area contributed by atoms with E-state index in [-0.39, 0.29) is 0 Å². The van der Waals surface area contributed by atoms with E-state index < -0.39 is 0 Å². The van der Waals surface area contributed by atoms with E-state index in [0.29, 0.717) is 5.82 Å². The van der Waals surface area contributed by atoms with Crippen LogP contribution in [0.3, 0.4) is 0 Å². The lowest BCUT2D eigenvalue weighted by Gasteiger charge is -2.14. The van der Waals surface area contributed by atoms with Crippen LogP contribution in [-0.2, 0) is 0 Å². The minimum absolute atomic E-state index is 0.696. The lowest BCUT2D eigenvalue weighted by atomic mass is 9.92. The summed E-state index contributed by atoms with van der Waals surface area (Å²) in [6.07, 6.45) is 0. The van der Waals surface area contributed by atoms with E-state index in [1.54, 1.807) is 0 Å². The van der Waals surface area contributed by atoms with Crippen LogP contribution in [-0.4, -0.2) is 9.97 Å². The fourth-order valence-electron chi connectivity index (χ4n) is 6.55. The summed E-state index contributed by atoms with van der Waals surface area (Å²) in [7, 11) is 0. The summed E-state index contributed by atoms with van der Waals surface area (Å²) < 4.78 is 6.28. The highest BCUT2D eigenvalue weighted by Crippen LogP contribution is 2.40. The maximum Gasteiger partial charge on any atom is 0.160 e. The summed E-state index contributed by atoms with van der Waals surface area (Å²) in [5.74, 6) is 0.696. The van der Waals surface area contributed by atoms with Crippen molar-refractivity contribution in [2.75, 3.05) is 0 Å². The molecule has 0 spiro atoms. The summed E-state index contributed by atoms with van der Waals surface area (Å²) in [5.41, 5.74) is 11.1. The predicted octanol–water partition coefficient (Wildman–Crippen LogP) is 11.9. The molecule has 0 aliphatic carbocycles. The predicted molar refractivity (Wildman–Crippen MR) is 194 cm³/mol. The first-order valence-electron chi connectivity index (χ1n) is 15.8. The van der Waals surface area contributed by atoms with Crippen LogP contribution in [0.5, 0.6) is 0 Å². The molecule has 3 nitrogen and oxygen atoms in total.